The Bertz CT molecular complexity index is 444. The number of hydrogen-bond acceptors (Lipinski definition) is 3. The number of nitrogens with two attached hydrogens (primary N) is 1. The Labute approximate surface area is 107 Å². The van der Waals surface area contributed by atoms with Crippen LogP contribution in [0.2, 0.25) is 0 Å². The third-order valence-corrected chi connectivity index (χ3v) is 2.80. The third-order valence-electron chi connectivity index (χ3n) is 2.80. The van der Waals surface area contributed by atoms with Crippen molar-refractivity contribution >= 4 is 17.4 Å². The number of hydrogen-bond donors (Lipinski definition) is 3. The van der Waals surface area contributed by atoms with Crippen molar-refractivity contribution in [2.45, 2.75) is 26.7 Å². The third kappa shape index (κ3) is 3.48. The molecule has 0 aromatic heterocycles. The summed E-state index contributed by atoms with van der Waals surface area (Å²) in [6.07, 6.45) is 1.39. The summed E-state index contributed by atoms with van der Waals surface area (Å²) in [4.78, 5) is 12.0. The molecule has 0 heterocycles. The molecule has 0 bridgehead atoms. The number of amides is 1. The van der Waals surface area contributed by atoms with Gasteiger partial charge >= 0.3 is 0 Å². The molecule has 18 heavy (non-hydrogen) atoms. The fourth-order valence-corrected chi connectivity index (χ4v) is 1.70. The van der Waals surface area contributed by atoms with Crippen molar-refractivity contribution in [2.24, 2.45) is 16.8 Å². The van der Waals surface area contributed by atoms with Gasteiger partial charge in [-0.05, 0) is 30.5 Å². The predicted octanol–water partition coefficient (Wildman–Crippen LogP) is 1.96. The quantitative estimate of drug-likeness (QED) is 0.322. The first-order valence-corrected chi connectivity index (χ1v) is 5.99. The lowest BCUT2D eigenvalue weighted by Crippen LogP contribution is -2.34. The van der Waals surface area contributed by atoms with Gasteiger partial charge in [-0.2, -0.15) is 0 Å². The first-order valence-electron chi connectivity index (χ1n) is 5.99. The summed E-state index contributed by atoms with van der Waals surface area (Å²) >= 11 is 0. The fourth-order valence-electron chi connectivity index (χ4n) is 1.70. The number of nitrogens with zero attached hydrogens (tertiary/aromatic N) is 1. The van der Waals surface area contributed by atoms with Crippen LogP contribution in [-0.4, -0.2) is 17.0 Å². The molecular weight excluding hydrogens is 230 g/mol. The average Bonchev–Trinajstić information content (AvgIpc) is 2.39. The second-order valence-electron chi connectivity index (χ2n) is 4.03. The smallest absolute Gasteiger partial charge is 0.235 e. The van der Waals surface area contributed by atoms with E-state index in [2.05, 4.69) is 10.5 Å². The van der Waals surface area contributed by atoms with E-state index >= 15 is 0 Å². The fraction of sp³-hybridized carbons (Fsp3) is 0.385. The molecule has 1 unspecified atom stereocenters. The van der Waals surface area contributed by atoms with Crippen LogP contribution < -0.4 is 11.1 Å². The molecule has 0 radical (unpaired) electrons. The van der Waals surface area contributed by atoms with Crippen LogP contribution >= 0.6 is 0 Å². The Kier molecular flexibility index (Phi) is 5.17. The van der Waals surface area contributed by atoms with E-state index in [0.29, 0.717) is 6.42 Å². The SMILES string of the molecule is CCc1cccc(NC(=O)C(CC)C(N)=NO)c1. The van der Waals surface area contributed by atoms with Gasteiger partial charge in [0.1, 0.15) is 0 Å². The minimum atomic E-state index is -0.611. The van der Waals surface area contributed by atoms with Gasteiger partial charge in [-0.25, -0.2) is 0 Å². The molecule has 0 aliphatic carbocycles. The molecular formula is C13H19N3O2. The molecule has 1 aromatic carbocycles. The molecule has 5 nitrogen and oxygen atoms in total. The van der Waals surface area contributed by atoms with E-state index in [0.717, 1.165) is 17.7 Å². The lowest BCUT2D eigenvalue weighted by molar-refractivity contribution is -0.118. The molecule has 1 rings (SSSR count). The standard InChI is InChI=1S/C13H19N3O2/c1-3-9-6-5-7-10(8-9)15-13(17)11(4-2)12(14)16-18/h5-8,11,18H,3-4H2,1-2H3,(H2,14,16)(H,15,17). The number of oxime groups is 1. The Morgan fingerprint density at radius 1 is 1.50 bits per heavy atom. The predicted molar refractivity (Wildman–Crippen MR) is 71.6 cm³/mol. The highest BCUT2D eigenvalue weighted by atomic mass is 16.4. The minimum absolute atomic E-state index is 0.0679. The van der Waals surface area contributed by atoms with E-state index in [1.807, 2.05) is 38.1 Å². The monoisotopic (exact) mass is 249 g/mol. The molecule has 4 N–H and O–H groups in total. The van der Waals surface area contributed by atoms with E-state index in [1.54, 1.807) is 0 Å². The Hall–Kier alpha value is -2.04. The zero-order valence-electron chi connectivity index (χ0n) is 10.7. The molecule has 0 fully saturated rings. The van der Waals surface area contributed by atoms with Crippen molar-refractivity contribution in [3.8, 4) is 0 Å². The molecule has 98 valence electrons. The van der Waals surface area contributed by atoms with Crippen molar-refractivity contribution in [1.29, 1.82) is 0 Å². The number of benzene rings is 1. The minimum Gasteiger partial charge on any atom is -0.409 e. The van der Waals surface area contributed by atoms with Crippen LogP contribution in [0.15, 0.2) is 29.4 Å². The normalized spacial score (nSPS) is 13.1. The first-order chi connectivity index (χ1) is 8.62. The van der Waals surface area contributed by atoms with Gasteiger partial charge < -0.3 is 16.3 Å². The maximum absolute atomic E-state index is 12.0. The van der Waals surface area contributed by atoms with Crippen molar-refractivity contribution in [1.82, 2.24) is 0 Å². The van der Waals surface area contributed by atoms with Crippen LogP contribution in [-0.2, 0) is 11.2 Å². The van der Waals surface area contributed by atoms with Gasteiger partial charge in [0.15, 0.2) is 5.84 Å². The molecule has 1 aromatic rings. The number of carbonyl (C=O) groups is 1. The van der Waals surface area contributed by atoms with E-state index in [1.165, 1.54) is 0 Å². The lowest BCUT2D eigenvalue weighted by atomic mass is 10.0. The van der Waals surface area contributed by atoms with Crippen molar-refractivity contribution in [3.63, 3.8) is 0 Å². The van der Waals surface area contributed by atoms with Gasteiger partial charge in [0, 0.05) is 5.69 Å². The summed E-state index contributed by atoms with van der Waals surface area (Å²) in [5.41, 5.74) is 7.35. The van der Waals surface area contributed by atoms with E-state index in [4.69, 9.17) is 10.9 Å². The van der Waals surface area contributed by atoms with Crippen LogP contribution in [0.4, 0.5) is 5.69 Å². The Morgan fingerprint density at radius 2 is 2.22 bits per heavy atom. The van der Waals surface area contributed by atoms with Crippen molar-refractivity contribution in [3.05, 3.63) is 29.8 Å². The number of aryl methyl sites for hydroxylation is 1. The summed E-state index contributed by atoms with van der Waals surface area (Å²) < 4.78 is 0. The maximum Gasteiger partial charge on any atom is 0.235 e. The highest BCUT2D eigenvalue weighted by Crippen LogP contribution is 2.13. The molecule has 1 atom stereocenters. The molecule has 0 saturated carbocycles. The van der Waals surface area contributed by atoms with Gasteiger partial charge in [0.25, 0.3) is 0 Å². The van der Waals surface area contributed by atoms with Gasteiger partial charge in [-0.15, -0.1) is 0 Å². The summed E-state index contributed by atoms with van der Waals surface area (Å²) in [5.74, 6) is -0.942. The van der Waals surface area contributed by atoms with Crippen molar-refractivity contribution in [2.75, 3.05) is 5.32 Å². The molecule has 0 saturated heterocycles. The highest BCUT2D eigenvalue weighted by Gasteiger charge is 2.21. The van der Waals surface area contributed by atoms with E-state index in [9.17, 15) is 4.79 Å². The number of carbonyl (C=O) groups excluding carboxylic acids is 1. The number of anilines is 1. The average molecular weight is 249 g/mol. The van der Waals surface area contributed by atoms with Crippen LogP contribution in [0.5, 0.6) is 0 Å². The summed E-state index contributed by atoms with van der Waals surface area (Å²) in [6, 6.07) is 7.61. The summed E-state index contributed by atoms with van der Waals surface area (Å²) in [7, 11) is 0. The topological polar surface area (TPSA) is 87.7 Å². The van der Waals surface area contributed by atoms with Gasteiger partial charge in [0.05, 0.1) is 5.92 Å². The highest BCUT2D eigenvalue weighted by molar-refractivity contribution is 6.07. The number of nitrogens with one attached hydrogen (secondary N) is 1. The second-order valence-corrected chi connectivity index (χ2v) is 4.03. The molecule has 5 heteroatoms. The number of amidine groups is 1. The molecule has 0 aliphatic heterocycles. The second kappa shape index (κ2) is 6.64. The van der Waals surface area contributed by atoms with Crippen LogP contribution in [0.3, 0.4) is 0 Å². The Morgan fingerprint density at radius 3 is 2.78 bits per heavy atom. The molecule has 1 amide bonds. The van der Waals surface area contributed by atoms with Gasteiger partial charge in [-0.3, -0.25) is 4.79 Å². The first kappa shape index (κ1) is 14.0. The van der Waals surface area contributed by atoms with E-state index in [-0.39, 0.29) is 11.7 Å². The lowest BCUT2D eigenvalue weighted by Gasteiger charge is -2.13. The van der Waals surface area contributed by atoms with Gasteiger partial charge in [-0.1, -0.05) is 31.1 Å². The summed E-state index contributed by atoms with van der Waals surface area (Å²) in [6.45, 7) is 3.86. The zero-order valence-corrected chi connectivity index (χ0v) is 10.7. The molecule has 0 aliphatic rings. The largest absolute Gasteiger partial charge is 0.409 e. The van der Waals surface area contributed by atoms with Gasteiger partial charge in [0.2, 0.25) is 5.91 Å². The van der Waals surface area contributed by atoms with Crippen LogP contribution in [0.25, 0.3) is 0 Å². The maximum atomic E-state index is 12.0. The van der Waals surface area contributed by atoms with Crippen LogP contribution in [0, 0.1) is 5.92 Å². The zero-order chi connectivity index (χ0) is 13.5. The number of rotatable bonds is 5. The van der Waals surface area contributed by atoms with E-state index < -0.39 is 5.92 Å². The summed E-state index contributed by atoms with van der Waals surface area (Å²) in [5, 5.41) is 14.3. The Balaban J connectivity index is 2.79. The molecule has 0 spiro atoms. The van der Waals surface area contributed by atoms with Crippen LogP contribution in [0.1, 0.15) is 25.8 Å². The van der Waals surface area contributed by atoms with Crippen molar-refractivity contribution < 1.29 is 10.0 Å².